The highest BCUT2D eigenvalue weighted by atomic mass is 19.1. The number of aromatic nitrogens is 2. The van der Waals surface area contributed by atoms with Crippen molar-refractivity contribution >= 4 is 11.6 Å². The van der Waals surface area contributed by atoms with Gasteiger partial charge in [0.1, 0.15) is 11.6 Å². The van der Waals surface area contributed by atoms with Gasteiger partial charge in [0.25, 0.3) is 5.91 Å². The Hall–Kier alpha value is -3.22. The summed E-state index contributed by atoms with van der Waals surface area (Å²) in [5.74, 6) is -1.28. The predicted octanol–water partition coefficient (Wildman–Crippen LogP) is 3.80. The highest BCUT2D eigenvalue weighted by Crippen LogP contribution is 2.22. The molecule has 5 nitrogen and oxygen atoms in total. The number of carbonyl (C=O) groups excluding carboxylic acids is 1. The Kier molecular flexibility index (Phi) is 4.74. The second kappa shape index (κ2) is 7.12. The van der Waals surface area contributed by atoms with E-state index in [1.54, 1.807) is 13.0 Å². The van der Waals surface area contributed by atoms with E-state index >= 15 is 0 Å². The Morgan fingerprint density at radius 2 is 1.88 bits per heavy atom. The van der Waals surface area contributed by atoms with Crippen LogP contribution in [0.5, 0.6) is 5.75 Å². The molecular formula is C18H15F2N3O2. The molecule has 0 spiro atoms. The molecule has 3 rings (SSSR count). The number of nitrogens with zero attached hydrogens (tertiary/aromatic N) is 2. The van der Waals surface area contributed by atoms with Crippen LogP contribution in [0.2, 0.25) is 0 Å². The summed E-state index contributed by atoms with van der Waals surface area (Å²) in [5, 5.41) is 6.66. The largest absolute Gasteiger partial charge is 0.490 e. The van der Waals surface area contributed by atoms with Crippen molar-refractivity contribution in [3.05, 3.63) is 72.1 Å². The first kappa shape index (κ1) is 16.6. The number of halogens is 2. The van der Waals surface area contributed by atoms with Crippen molar-refractivity contribution in [1.29, 1.82) is 0 Å². The summed E-state index contributed by atoms with van der Waals surface area (Å²) in [6, 6.07) is 11.5. The number of nitrogens with one attached hydrogen (secondary N) is 1. The molecule has 1 heterocycles. The van der Waals surface area contributed by atoms with Crippen molar-refractivity contribution in [3.63, 3.8) is 0 Å². The van der Waals surface area contributed by atoms with Crippen molar-refractivity contribution in [2.45, 2.75) is 6.92 Å². The molecule has 25 heavy (non-hydrogen) atoms. The van der Waals surface area contributed by atoms with Crippen LogP contribution < -0.4 is 10.1 Å². The summed E-state index contributed by atoms with van der Waals surface area (Å²) in [5.41, 5.74) is 0.619. The van der Waals surface area contributed by atoms with Crippen LogP contribution in [0.3, 0.4) is 0 Å². The van der Waals surface area contributed by atoms with E-state index in [4.69, 9.17) is 4.74 Å². The average Bonchev–Trinajstić information content (AvgIpc) is 3.02. The van der Waals surface area contributed by atoms with Gasteiger partial charge < -0.3 is 10.1 Å². The Morgan fingerprint density at radius 1 is 1.16 bits per heavy atom. The third kappa shape index (κ3) is 3.65. The summed E-state index contributed by atoms with van der Waals surface area (Å²) >= 11 is 0. The maximum atomic E-state index is 13.7. The monoisotopic (exact) mass is 343 g/mol. The summed E-state index contributed by atoms with van der Waals surface area (Å²) < 4.78 is 33.6. The van der Waals surface area contributed by atoms with Crippen LogP contribution in [0, 0.1) is 11.6 Å². The number of carbonyl (C=O) groups is 1. The predicted molar refractivity (Wildman–Crippen MR) is 89.0 cm³/mol. The van der Waals surface area contributed by atoms with E-state index < -0.39 is 11.7 Å². The minimum Gasteiger partial charge on any atom is -0.490 e. The Bertz CT molecular complexity index is 892. The average molecular weight is 343 g/mol. The van der Waals surface area contributed by atoms with E-state index in [1.807, 2.05) is 0 Å². The van der Waals surface area contributed by atoms with Crippen LogP contribution in [0.1, 0.15) is 17.4 Å². The van der Waals surface area contributed by atoms with Gasteiger partial charge in [-0.15, -0.1) is 0 Å². The molecule has 0 bridgehead atoms. The molecule has 3 aromatic rings. The first-order valence-electron chi connectivity index (χ1n) is 7.62. The highest BCUT2D eigenvalue weighted by Gasteiger charge is 2.20. The minimum absolute atomic E-state index is 0.00873. The van der Waals surface area contributed by atoms with Crippen LogP contribution in [-0.2, 0) is 0 Å². The molecule has 2 aromatic carbocycles. The summed E-state index contributed by atoms with van der Waals surface area (Å²) in [7, 11) is 0. The quantitative estimate of drug-likeness (QED) is 0.767. The molecule has 0 aliphatic carbocycles. The molecule has 0 radical (unpaired) electrons. The number of hydrogen-bond donors (Lipinski definition) is 1. The molecule has 128 valence electrons. The van der Waals surface area contributed by atoms with Gasteiger partial charge in [0.2, 0.25) is 0 Å². The molecule has 1 aromatic heterocycles. The molecule has 0 unspecified atom stereocenters. The van der Waals surface area contributed by atoms with Gasteiger partial charge in [-0.1, -0.05) is 12.1 Å². The standard InChI is InChI=1S/C18H15F2N3O2/c1-2-25-16-11-23(13-9-7-12(19)8-10-13)22-17(16)18(24)21-15-6-4-3-5-14(15)20/h3-11H,2H2,1H3,(H,21,24). The molecular weight excluding hydrogens is 328 g/mol. The van der Waals surface area contributed by atoms with Crippen LogP contribution in [0.4, 0.5) is 14.5 Å². The van der Waals surface area contributed by atoms with Crippen LogP contribution in [0.15, 0.2) is 54.7 Å². The molecule has 7 heteroatoms. The molecule has 0 atom stereocenters. The maximum Gasteiger partial charge on any atom is 0.280 e. The zero-order chi connectivity index (χ0) is 17.8. The number of anilines is 1. The fourth-order valence-electron chi connectivity index (χ4n) is 2.25. The van der Waals surface area contributed by atoms with E-state index in [0.29, 0.717) is 12.3 Å². The zero-order valence-electron chi connectivity index (χ0n) is 13.4. The normalized spacial score (nSPS) is 10.5. The Labute approximate surface area is 142 Å². The second-order valence-corrected chi connectivity index (χ2v) is 5.13. The van der Waals surface area contributed by atoms with Crippen molar-refractivity contribution in [2.24, 2.45) is 0 Å². The summed E-state index contributed by atoms with van der Waals surface area (Å²) in [6.45, 7) is 2.10. The van der Waals surface area contributed by atoms with Gasteiger partial charge in [0, 0.05) is 0 Å². The van der Waals surface area contributed by atoms with Crippen molar-refractivity contribution in [3.8, 4) is 11.4 Å². The van der Waals surface area contributed by atoms with E-state index in [2.05, 4.69) is 10.4 Å². The topological polar surface area (TPSA) is 56.2 Å². The van der Waals surface area contributed by atoms with Crippen LogP contribution in [0.25, 0.3) is 5.69 Å². The molecule has 0 saturated heterocycles. The first-order chi connectivity index (χ1) is 12.1. The van der Waals surface area contributed by atoms with Crippen LogP contribution in [-0.4, -0.2) is 22.3 Å². The number of rotatable bonds is 5. The van der Waals surface area contributed by atoms with Gasteiger partial charge in [-0.05, 0) is 43.3 Å². The highest BCUT2D eigenvalue weighted by molar-refractivity contribution is 6.04. The van der Waals surface area contributed by atoms with Gasteiger partial charge in [-0.3, -0.25) is 4.79 Å². The Balaban J connectivity index is 1.92. The third-order valence-corrected chi connectivity index (χ3v) is 3.41. The summed E-state index contributed by atoms with van der Waals surface area (Å²) in [6.07, 6.45) is 1.52. The van der Waals surface area contributed by atoms with E-state index in [-0.39, 0.29) is 22.9 Å². The lowest BCUT2D eigenvalue weighted by Gasteiger charge is -2.06. The second-order valence-electron chi connectivity index (χ2n) is 5.13. The van der Waals surface area contributed by atoms with Crippen molar-refractivity contribution in [2.75, 3.05) is 11.9 Å². The zero-order valence-corrected chi connectivity index (χ0v) is 13.4. The number of hydrogen-bond acceptors (Lipinski definition) is 3. The molecule has 0 aliphatic heterocycles. The number of ether oxygens (including phenoxy) is 1. The van der Waals surface area contributed by atoms with E-state index in [9.17, 15) is 13.6 Å². The lowest BCUT2D eigenvalue weighted by Crippen LogP contribution is -2.15. The molecule has 1 amide bonds. The Morgan fingerprint density at radius 3 is 2.56 bits per heavy atom. The van der Waals surface area contributed by atoms with Crippen molar-refractivity contribution < 1.29 is 18.3 Å². The van der Waals surface area contributed by atoms with E-state index in [0.717, 1.165) is 0 Å². The number of para-hydroxylation sites is 1. The molecule has 0 saturated carbocycles. The molecule has 1 N–H and O–H groups in total. The van der Waals surface area contributed by atoms with E-state index in [1.165, 1.54) is 53.3 Å². The smallest absolute Gasteiger partial charge is 0.280 e. The van der Waals surface area contributed by atoms with Crippen LogP contribution >= 0.6 is 0 Å². The maximum absolute atomic E-state index is 13.7. The van der Waals surface area contributed by atoms with Gasteiger partial charge in [0.05, 0.1) is 24.2 Å². The lowest BCUT2D eigenvalue weighted by atomic mass is 10.3. The number of benzene rings is 2. The third-order valence-electron chi connectivity index (χ3n) is 3.41. The minimum atomic E-state index is -0.602. The number of amides is 1. The molecule has 0 aliphatic rings. The fourth-order valence-corrected chi connectivity index (χ4v) is 2.25. The van der Waals surface area contributed by atoms with Gasteiger partial charge in [-0.25, -0.2) is 13.5 Å². The van der Waals surface area contributed by atoms with Crippen molar-refractivity contribution in [1.82, 2.24) is 9.78 Å². The lowest BCUT2D eigenvalue weighted by molar-refractivity contribution is 0.101. The summed E-state index contributed by atoms with van der Waals surface area (Å²) in [4.78, 5) is 12.5. The SMILES string of the molecule is CCOc1cn(-c2ccc(F)cc2)nc1C(=O)Nc1ccccc1F. The first-order valence-corrected chi connectivity index (χ1v) is 7.62. The van der Waals surface area contributed by atoms with Gasteiger partial charge in [0.15, 0.2) is 11.4 Å². The fraction of sp³-hybridized carbons (Fsp3) is 0.111. The van der Waals surface area contributed by atoms with Gasteiger partial charge in [-0.2, -0.15) is 5.10 Å². The molecule has 0 fully saturated rings. The van der Waals surface area contributed by atoms with Gasteiger partial charge >= 0.3 is 0 Å².